The zero-order chi connectivity index (χ0) is 15.3. The molecule has 1 rings (SSSR count). The molecule has 0 aliphatic carbocycles. The van der Waals surface area contributed by atoms with Gasteiger partial charge in [-0.25, -0.2) is 0 Å². The van der Waals surface area contributed by atoms with Gasteiger partial charge in [0.25, 0.3) is 0 Å². The third-order valence-electron chi connectivity index (χ3n) is 2.76. The van der Waals surface area contributed by atoms with Gasteiger partial charge in [0.2, 0.25) is 0 Å². The zero-order valence-electron chi connectivity index (χ0n) is 11.6. The molecule has 0 aromatic heterocycles. The molecular weight excluding hydrogens is 271 g/mol. The summed E-state index contributed by atoms with van der Waals surface area (Å²) in [6.07, 6.45) is -5.75. The van der Waals surface area contributed by atoms with Crippen molar-refractivity contribution in [3.63, 3.8) is 0 Å². The Bertz CT molecular complexity index is 409. The summed E-state index contributed by atoms with van der Waals surface area (Å²) < 4.78 is 38.7. The van der Waals surface area contributed by atoms with Crippen LogP contribution < -0.4 is 0 Å². The van der Waals surface area contributed by atoms with Crippen LogP contribution in [0.2, 0.25) is 0 Å². The Balaban J connectivity index is 2.93. The lowest BCUT2D eigenvalue weighted by atomic mass is 10.1. The molecule has 0 saturated heterocycles. The van der Waals surface area contributed by atoms with Crippen LogP contribution in [0.4, 0.5) is 13.2 Å². The van der Waals surface area contributed by atoms with Gasteiger partial charge < -0.3 is 10.2 Å². The van der Waals surface area contributed by atoms with Crippen molar-refractivity contribution < 1.29 is 23.4 Å². The highest BCUT2D eigenvalue weighted by Crippen LogP contribution is 2.32. The minimum atomic E-state index is -4.40. The third kappa shape index (κ3) is 5.48. The molecule has 0 bridgehead atoms. The van der Waals surface area contributed by atoms with Gasteiger partial charge in [0.05, 0.1) is 17.8 Å². The normalized spacial score (nSPS) is 15.4. The standard InChI is InChI=1S/C14H20F3NO2/c1-10(19)7-18(8-11(2)20)9-12-5-3-4-6-13(12)14(15,16)17/h3-6,10-11,19-20H,7-9H2,1-2H3/t10-,11+. The molecule has 2 N–H and O–H groups in total. The molecule has 0 heterocycles. The van der Waals surface area contributed by atoms with Crippen molar-refractivity contribution in [1.29, 1.82) is 0 Å². The van der Waals surface area contributed by atoms with Gasteiger partial charge in [-0.2, -0.15) is 13.2 Å². The highest BCUT2D eigenvalue weighted by atomic mass is 19.4. The Morgan fingerprint density at radius 2 is 1.55 bits per heavy atom. The molecule has 0 saturated carbocycles. The van der Waals surface area contributed by atoms with E-state index in [1.54, 1.807) is 24.8 Å². The fourth-order valence-electron chi connectivity index (χ4n) is 2.13. The maximum atomic E-state index is 12.9. The van der Waals surface area contributed by atoms with E-state index in [0.717, 1.165) is 6.07 Å². The van der Waals surface area contributed by atoms with Gasteiger partial charge in [0.15, 0.2) is 0 Å². The molecule has 0 amide bonds. The molecule has 2 atom stereocenters. The summed E-state index contributed by atoms with van der Waals surface area (Å²) in [6.45, 7) is 3.56. The van der Waals surface area contributed by atoms with E-state index in [1.165, 1.54) is 12.1 Å². The number of nitrogens with zero attached hydrogens (tertiary/aromatic N) is 1. The Morgan fingerprint density at radius 1 is 1.05 bits per heavy atom. The molecule has 20 heavy (non-hydrogen) atoms. The van der Waals surface area contributed by atoms with E-state index < -0.39 is 23.9 Å². The lowest BCUT2D eigenvalue weighted by Crippen LogP contribution is -2.36. The van der Waals surface area contributed by atoms with Gasteiger partial charge in [0.1, 0.15) is 0 Å². The van der Waals surface area contributed by atoms with Crippen LogP contribution in [0.5, 0.6) is 0 Å². The Labute approximate surface area is 116 Å². The highest BCUT2D eigenvalue weighted by Gasteiger charge is 2.33. The number of benzene rings is 1. The van der Waals surface area contributed by atoms with Crippen molar-refractivity contribution >= 4 is 0 Å². The van der Waals surface area contributed by atoms with Crippen molar-refractivity contribution in [2.24, 2.45) is 0 Å². The summed E-state index contributed by atoms with van der Waals surface area (Å²) in [5.74, 6) is 0. The molecule has 1 aromatic rings. The highest BCUT2D eigenvalue weighted by molar-refractivity contribution is 5.29. The number of aliphatic hydroxyl groups is 2. The molecule has 0 radical (unpaired) electrons. The Hall–Kier alpha value is -1.11. The van der Waals surface area contributed by atoms with E-state index >= 15 is 0 Å². The molecule has 0 fully saturated rings. The summed E-state index contributed by atoms with van der Waals surface area (Å²) in [5.41, 5.74) is -0.539. The second-order valence-corrected chi connectivity index (χ2v) is 5.05. The molecule has 0 aliphatic rings. The number of hydrogen-bond acceptors (Lipinski definition) is 3. The average molecular weight is 291 g/mol. The van der Waals surface area contributed by atoms with Crippen molar-refractivity contribution in [1.82, 2.24) is 4.90 Å². The van der Waals surface area contributed by atoms with Gasteiger partial charge in [0, 0.05) is 19.6 Å². The van der Waals surface area contributed by atoms with Crippen molar-refractivity contribution in [2.75, 3.05) is 13.1 Å². The fourth-order valence-corrected chi connectivity index (χ4v) is 2.13. The first-order chi connectivity index (χ1) is 9.20. The number of aliphatic hydroxyl groups excluding tert-OH is 2. The summed E-state index contributed by atoms with van der Waals surface area (Å²) >= 11 is 0. The number of hydrogen-bond donors (Lipinski definition) is 2. The maximum absolute atomic E-state index is 12.9. The molecule has 114 valence electrons. The molecule has 0 unspecified atom stereocenters. The quantitative estimate of drug-likeness (QED) is 0.845. The molecule has 1 aromatic carbocycles. The van der Waals surface area contributed by atoms with Crippen LogP contribution in [0.3, 0.4) is 0 Å². The van der Waals surface area contributed by atoms with E-state index in [9.17, 15) is 23.4 Å². The van der Waals surface area contributed by atoms with Gasteiger partial charge in [-0.05, 0) is 25.5 Å². The van der Waals surface area contributed by atoms with Crippen molar-refractivity contribution in [3.8, 4) is 0 Å². The Kier molecular flexibility index (Phi) is 5.98. The molecule has 0 spiro atoms. The molecule has 6 heteroatoms. The van der Waals surface area contributed by atoms with E-state index in [2.05, 4.69) is 0 Å². The van der Waals surface area contributed by atoms with E-state index in [4.69, 9.17) is 0 Å². The van der Waals surface area contributed by atoms with Crippen LogP contribution in [-0.2, 0) is 12.7 Å². The van der Waals surface area contributed by atoms with E-state index in [1.807, 2.05) is 0 Å². The van der Waals surface area contributed by atoms with Crippen LogP contribution in [0.15, 0.2) is 24.3 Å². The first kappa shape index (κ1) is 16.9. The topological polar surface area (TPSA) is 43.7 Å². The summed E-state index contributed by atoms with van der Waals surface area (Å²) in [4.78, 5) is 1.61. The van der Waals surface area contributed by atoms with E-state index in [0.29, 0.717) is 0 Å². The zero-order valence-corrected chi connectivity index (χ0v) is 11.6. The minimum Gasteiger partial charge on any atom is -0.392 e. The lowest BCUT2D eigenvalue weighted by Gasteiger charge is -2.26. The van der Waals surface area contributed by atoms with Gasteiger partial charge in [-0.3, -0.25) is 4.90 Å². The number of rotatable bonds is 6. The maximum Gasteiger partial charge on any atom is 0.416 e. The minimum absolute atomic E-state index is 0.0332. The number of alkyl halides is 3. The van der Waals surface area contributed by atoms with Crippen molar-refractivity contribution in [2.45, 2.75) is 38.8 Å². The first-order valence-corrected chi connectivity index (χ1v) is 6.43. The molecular formula is C14H20F3NO2. The third-order valence-corrected chi connectivity index (χ3v) is 2.76. The van der Waals surface area contributed by atoms with Gasteiger partial charge in [-0.15, -0.1) is 0 Å². The Morgan fingerprint density at radius 3 is 2.00 bits per heavy atom. The second kappa shape index (κ2) is 7.06. The van der Waals surface area contributed by atoms with Crippen molar-refractivity contribution in [3.05, 3.63) is 35.4 Å². The molecule has 3 nitrogen and oxygen atoms in total. The molecule has 0 aliphatic heterocycles. The largest absolute Gasteiger partial charge is 0.416 e. The lowest BCUT2D eigenvalue weighted by molar-refractivity contribution is -0.138. The smallest absolute Gasteiger partial charge is 0.392 e. The van der Waals surface area contributed by atoms with Gasteiger partial charge >= 0.3 is 6.18 Å². The fraction of sp³-hybridized carbons (Fsp3) is 0.571. The second-order valence-electron chi connectivity index (χ2n) is 5.05. The summed E-state index contributed by atoms with van der Waals surface area (Å²) in [7, 11) is 0. The number of halogens is 3. The van der Waals surface area contributed by atoms with Gasteiger partial charge in [-0.1, -0.05) is 18.2 Å². The van der Waals surface area contributed by atoms with Crippen LogP contribution in [0.1, 0.15) is 25.0 Å². The average Bonchev–Trinajstić information content (AvgIpc) is 2.26. The van der Waals surface area contributed by atoms with Crippen LogP contribution >= 0.6 is 0 Å². The summed E-state index contributed by atoms with van der Waals surface area (Å²) in [6, 6.07) is 5.35. The summed E-state index contributed by atoms with van der Waals surface area (Å²) in [5, 5.41) is 18.8. The van der Waals surface area contributed by atoms with Crippen LogP contribution in [0, 0.1) is 0 Å². The first-order valence-electron chi connectivity index (χ1n) is 6.43. The SMILES string of the molecule is C[C@H](O)CN(Cc1ccccc1C(F)(F)F)C[C@@H](C)O. The van der Waals surface area contributed by atoms with E-state index in [-0.39, 0.29) is 25.2 Å². The monoisotopic (exact) mass is 291 g/mol. The van der Waals surface area contributed by atoms with Crippen LogP contribution in [-0.4, -0.2) is 40.4 Å². The predicted octanol–water partition coefficient (Wildman–Crippen LogP) is 2.27. The van der Waals surface area contributed by atoms with Crippen LogP contribution in [0.25, 0.3) is 0 Å². The predicted molar refractivity (Wildman–Crippen MR) is 70.1 cm³/mol.